The summed E-state index contributed by atoms with van der Waals surface area (Å²) in [5.74, 6) is 0. The maximum absolute atomic E-state index is 11.3. The Bertz CT molecular complexity index is 325. The Morgan fingerprint density at radius 1 is 0.500 bits per heavy atom. The van der Waals surface area contributed by atoms with Gasteiger partial charge >= 0.3 is 178 Å². The normalized spacial score (nSPS) is 12.1. The Kier molecular flexibility index (Phi) is 21.4. The van der Waals surface area contributed by atoms with Gasteiger partial charge in [-0.1, -0.05) is 0 Å². The first-order valence-electron chi connectivity index (χ1n) is 12.8. The predicted octanol–water partition coefficient (Wildman–Crippen LogP) is 9.07. The van der Waals surface area contributed by atoms with Crippen molar-refractivity contribution in [3.8, 4) is 0 Å². The molecule has 2 nitrogen and oxygen atoms in total. The third kappa shape index (κ3) is 16.7. The molecule has 0 aliphatic rings. The number of nitrogens with zero attached hydrogens (tertiary/aromatic N) is 1. The quantitative estimate of drug-likeness (QED) is 0.0753. The van der Waals surface area contributed by atoms with Crippen LogP contribution in [-0.4, -0.2) is 24.6 Å². The Labute approximate surface area is 178 Å². The summed E-state index contributed by atoms with van der Waals surface area (Å²) < 4.78 is 4.59. The molecular formula is C25H52NOP. The van der Waals surface area contributed by atoms with Gasteiger partial charge in [-0.3, -0.25) is 0 Å². The average molecular weight is 414 g/mol. The molecule has 0 radical (unpaired) electrons. The Morgan fingerprint density at radius 2 is 0.786 bits per heavy atom. The van der Waals surface area contributed by atoms with Crippen LogP contribution in [0.4, 0.5) is 0 Å². The minimum absolute atomic E-state index is 1.23. The zero-order valence-electron chi connectivity index (χ0n) is 19.7. The summed E-state index contributed by atoms with van der Waals surface area (Å²) in [5.41, 5.74) is 0. The molecule has 0 heterocycles. The molecule has 0 atom stereocenters. The molecule has 3 heteroatoms. The number of carbonyl (C=O) groups excluding carboxylic acids is 1. The summed E-state index contributed by atoms with van der Waals surface area (Å²) in [4.78, 5) is 11.3. The van der Waals surface area contributed by atoms with Crippen molar-refractivity contribution in [3.63, 3.8) is 0 Å². The third-order valence-electron chi connectivity index (χ3n) is 6.27. The van der Waals surface area contributed by atoms with Crippen molar-refractivity contribution in [1.29, 1.82) is 0 Å². The molecule has 0 aromatic carbocycles. The number of isocyanates is 1. The van der Waals surface area contributed by atoms with Gasteiger partial charge in [0.05, 0.1) is 0 Å². The molecule has 0 aliphatic carbocycles. The molecule has 0 unspecified atom stereocenters. The van der Waals surface area contributed by atoms with Gasteiger partial charge in [0.15, 0.2) is 0 Å². The first kappa shape index (κ1) is 27.8. The number of rotatable bonds is 22. The zero-order valence-corrected chi connectivity index (χ0v) is 20.7. The van der Waals surface area contributed by atoms with E-state index >= 15 is 0 Å². The first-order chi connectivity index (χ1) is 13.7. The van der Waals surface area contributed by atoms with Gasteiger partial charge in [-0.25, -0.2) is 0 Å². The van der Waals surface area contributed by atoms with Gasteiger partial charge in [0, 0.05) is 0 Å². The summed E-state index contributed by atoms with van der Waals surface area (Å²) in [6, 6.07) is 0. The van der Waals surface area contributed by atoms with E-state index in [1.807, 2.05) is 6.08 Å². The van der Waals surface area contributed by atoms with E-state index in [1.165, 1.54) is 134 Å². The van der Waals surface area contributed by atoms with Crippen LogP contribution in [0.3, 0.4) is 0 Å². The van der Waals surface area contributed by atoms with Gasteiger partial charge in [-0.15, -0.1) is 0 Å². The average Bonchev–Trinajstić information content (AvgIpc) is 2.70. The van der Waals surface area contributed by atoms with Crippen LogP contribution < -0.4 is 0 Å². The molecule has 0 amide bonds. The second-order valence-electron chi connectivity index (χ2n) is 8.98. The molecule has 0 aromatic heterocycles. The van der Waals surface area contributed by atoms with Crippen molar-refractivity contribution in [1.82, 2.24) is 0 Å². The molecule has 168 valence electrons. The van der Waals surface area contributed by atoms with E-state index in [1.54, 1.807) is 0 Å². The van der Waals surface area contributed by atoms with E-state index in [4.69, 9.17) is 0 Å². The van der Waals surface area contributed by atoms with Gasteiger partial charge in [0.1, 0.15) is 0 Å². The first-order valence-corrected chi connectivity index (χ1v) is 15.4. The van der Waals surface area contributed by atoms with Gasteiger partial charge in [0.2, 0.25) is 0 Å². The summed E-state index contributed by atoms with van der Waals surface area (Å²) in [6.45, 7) is 6.83. The van der Waals surface area contributed by atoms with Crippen LogP contribution in [0.5, 0.6) is 0 Å². The van der Waals surface area contributed by atoms with E-state index < -0.39 is 7.41 Å². The van der Waals surface area contributed by atoms with Gasteiger partial charge in [-0.2, -0.15) is 0 Å². The van der Waals surface area contributed by atoms with E-state index in [0.717, 1.165) is 0 Å². The number of hydrogen-bond donors (Lipinski definition) is 0. The van der Waals surface area contributed by atoms with Gasteiger partial charge in [0.25, 0.3) is 0 Å². The molecule has 0 spiro atoms. The van der Waals surface area contributed by atoms with Crippen molar-refractivity contribution >= 4 is 13.5 Å². The predicted molar refractivity (Wildman–Crippen MR) is 131 cm³/mol. The molecule has 0 bridgehead atoms. The maximum atomic E-state index is 11.3. The van der Waals surface area contributed by atoms with Crippen LogP contribution in [-0.2, 0) is 4.79 Å². The van der Waals surface area contributed by atoms with Crippen molar-refractivity contribution in [3.05, 3.63) is 0 Å². The second kappa shape index (κ2) is 21.5. The van der Waals surface area contributed by atoms with Crippen LogP contribution in [0.2, 0.25) is 0 Å². The molecule has 0 N–H and O–H groups in total. The molecule has 0 aromatic rings. The SMILES string of the molecule is CCCCCCCC[PH](CCCCCCCC)(CCCCCCCC)N=C=O. The molecule has 0 rings (SSSR count). The fourth-order valence-electron chi connectivity index (χ4n) is 4.34. The van der Waals surface area contributed by atoms with Crippen LogP contribution in [0, 0.1) is 0 Å². The van der Waals surface area contributed by atoms with E-state index in [0.29, 0.717) is 0 Å². The Balaban J connectivity index is 4.46. The second-order valence-corrected chi connectivity index (χ2v) is 13.2. The summed E-state index contributed by atoms with van der Waals surface area (Å²) in [5, 5.41) is 0. The van der Waals surface area contributed by atoms with Gasteiger partial charge < -0.3 is 0 Å². The van der Waals surface area contributed by atoms with Crippen molar-refractivity contribution in [2.45, 2.75) is 136 Å². The molecule has 0 saturated carbocycles. The monoisotopic (exact) mass is 413 g/mol. The molecule has 0 fully saturated rings. The summed E-state index contributed by atoms with van der Waals surface area (Å²) >= 11 is 0. The van der Waals surface area contributed by atoms with Gasteiger partial charge in [-0.05, 0) is 0 Å². The molecule has 0 aliphatic heterocycles. The van der Waals surface area contributed by atoms with E-state index in [9.17, 15) is 4.79 Å². The van der Waals surface area contributed by atoms with Crippen molar-refractivity contribution in [2.24, 2.45) is 4.76 Å². The van der Waals surface area contributed by atoms with E-state index in [-0.39, 0.29) is 0 Å². The standard InChI is InChI=1S/C25H52NOP/c1-4-7-10-13-16-19-22-28(26-25-27,23-20-17-14-11-8-5-2)24-21-18-15-12-9-6-3/h28H,4-24H2,1-3H3. The van der Waals surface area contributed by atoms with Crippen molar-refractivity contribution in [2.75, 3.05) is 18.5 Å². The number of hydrogen-bond acceptors (Lipinski definition) is 2. The van der Waals surface area contributed by atoms with Crippen LogP contribution in [0.25, 0.3) is 0 Å². The fourth-order valence-corrected chi connectivity index (χ4v) is 8.35. The Morgan fingerprint density at radius 3 is 1.07 bits per heavy atom. The zero-order chi connectivity index (χ0) is 20.8. The minimum atomic E-state index is -1.80. The topological polar surface area (TPSA) is 29.4 Å². The molecule has 0 saturated heterocycles. The number of unbranched alkanes of at least 4 members (excludes halogenated alkanes) is 15. The Hall–Kier alpha value is -0.190. The fraction of sp³-hybridized carbons (Fsp3) is 0.960. The molecule has 28 heavy (non-hydrogen) atoms. The summed E-state index contributed by atoms with van der Waals surface area (Å²) in [6.07, 6.45) is 29.8. The van der Waals surface area contributed by atoms with Crippen LogP contribution in [0.1, 0.15) is 136 Å². The third-order valence-corrected chi connectivity index (χ3v) is 10.7. The van der Waals surface area contributed by atoms with E-state index in [2.05, 4.69) is 25.5 Å². The van der Waals surface area contributed by atoms with Crippen molar-refractivity contribution < 1.29 is 4.79 Å². The summed E-state index contributed by atoms with van der Waals surface area (Å²) in [7, 11) is -1.80. The van der Waals surface area contributed by atoms with Crippen LogP contribution >= 0.6 is 7.41 Å². The van der Waals surface area contributed by atoms with Crippen LogP contribution in [0.15, 0.2) is 4.76 Å². The molecular weight excluding hydrogens is 361 g/mol.